The van der Waals surface area contributed by atoms with Gasteiger partial charge >= 0.3 is 0 Å². The van der Waals surface area contributed by atoms with Crippen molar-refractivity contribution < 1.29 is 0 Å². The average molecular weight is 197 g/mol. The third-order valence-electron chi connectivity index (χ3n) is 2.79. The Bertz CT molecular complexity index is 193. The summed E-state index contributed by atoms with van der Waals surface area (Å²) < 4.78 is 0. The lowest BCUT2D eigenvalue weighted by molar-refractivity contribution is 0.384. The van der Waals surface area contributed by atoms with Gasteiger partial charge in [-0.1, -0.05) is 12.8 Å². The number of aliphatic imine (C=N–C) groups is 1. The third kappa shape index (κ3) is 3.56. The Morgan fingerprint density at radius 2 is 2.00 bits per heavy atom. The van der Waals surface area contributed by atoms with E-state index in [1.807, 2.05) is 7.05 Å². The number of nitrogens with two attached hydrogens (primary N) is 1. The van der Waals surface area contributed by atoms with Crippen LogP contribution >= 0.6 is 0 Å². The van der Waals surface area contributed by atoms with Crippen molar-refractivity contribution in [1.29, 1.82) is 0 Å². The molecule has 1 rings (SSSR count). The van der Waals surface area contributed by atoms with Gasteiger partial charge in [-0.2, -0.15) is 0 Å². The molecule has 0 saturated heterocycles. The van der Waals surface area contributed by atoms with Gasteiger partial charge in [0, 0.05) is 19.6 Å². The van der Waals surface area contributed by atoms with Gasteiger partial charge in [-0.25, -0.2) is 0 Å². The summed E-state index contributed by atoms with van der Waals surface area (Å²) >= 11 is 0. The van der Waals surface area contributed by atoms with E-state index in [9.17, 15) is 0 Å². The summed E-state index contributed by atoms with van der Waals surface area (Å²) in [6.07, 6.45) is 5.50. The molecule has 82 valence electrons. The van der Waals surface area contributed by atoms with Crippen LogP contribution in [0.15, 0.2) is 4.99 Å². The van der Waals surface area contributed by atoms with E-state index in [-0.39, 0.29) is 0 Å². The van der Waals surface area contributed by atoms with Gasteiger partial charge in [0.1, 0.15) is 0 Å². The third-order valence-corrected chi connectivity index (χ3v) is 2.79. The molecule has 0 unspecified atom stereocenters. The van der Waals surface area contributed by atoms with Crippen molar-refractivity contribution in [2.24, 2.45) is 16.6 Å². The van der Waals surface area contributed by atoms with Crippen molar-refractivity contribution in [3.63, 3.8) is 0 Å². The lowest BCUT2D eigenvalue weighted by Gasteiger charge is -2.22. The van der Waals surface area contributed by atoms with Crippen LogP contribution in [0.1, 0.15) is 39.5 Å². The second-order valence-corrected chi connectivity index (χ2v) is 4.61. The predicted molar refractivity (Wildman–Crippen MR) is 61.3 cm³/mol. The van der Waals surface area contributed by atoms with Gasteiger partial charge in [-0.15, -0.1) is 0 Å². The van der Waals surface area contributed by atoms with Crippen molar-refractivity contribution in [3.05, 3.63) is 0 Å². The van der Waals surface area contributed by atoms with E-state index in [2.05, 4.69) is 23.7 Å². The molecule has 0 atom stereocenters. The van der Waals surface area contributed by atoms with Crippen LogP contribution in [0.25, 0.3) is 0 Å². The van der Waals surface area contributed by atoms with Crippen LogP contribution in [0.2, 0.25) is 0 Å². The highest BCUT2D eigenvalue weighted by Crippen LogP contribution is 2.24. The van der Waals surface area contributed by atoms with Gasteiger partial charge in [0.15, 0.2) is 5.96 Å². The first-order valence-corrected chi connectivity index (χ1v) is 5.64. The van der Waals surface area contributed by atoms with Gasteiger partial charge in [0.05, 0.1) is 0 Å². The Morgan fingerprint density at radius 3 is 2.50 bits per heavy atom. The molecule has 0 radical (unpaired) electrons. The molecular weight excluding hydrogens is 174 g/mol. The molecule has 1 fully saturated rings. The summed E-state index contributed by atoms with van der Waals surface area (Å²) in [4.78, 5) is 6.43. The number of guanidine groups is 1. The highest BCUT2D eigenvalue weighted by atomic mass is 15.2. The largest absolute Gasteiger partial charge is 0.370 e. The molecule has 1 aliphatic carbocycles. The molecule has 1 saturated carbocycles. The number of nitrogens with zero attached hydrogens (tertiary/aromatic N) is 2. The number of hydrogen-bond acceptors (Lipinski definition) is 1. The quantitative estimate of drug-likeness (QED) is 0.554. The lowest BCUT2D eigenvalue weighted by atomic mass is 10.1. The van der Waals surface area contributed by atoms with Gasteiger partial charge in [-0.05, 0) is 32.6 Å². The fraction of sp³-hybridized carbons (Fsp3) is 0.909. The van der Waals surface area contributed by atoms with Crippen molar-refractivity contribution in [2.75, 3.05) is 13.6 Å². The first-order chi connectivity index (χ1) is 6.59. The Morgan fingerprint density at radius 1 is 1.43 bits per heavy atom. The Balaban J connectivity index is 2.36. The van der Waals surface area contributed by atoms with Crippen LogP contribution < -0.4 is 5.73 Å². The van der Waals surface area contributed by atoms with E-state index < -0.39 is 0 Å². The Labute approximate surface area is 87.4 Å². The normalized spacial score (nSPS) is 19.3. The smallest absolute Gasteiger partial charge is 0.191 e. The number of hydrogen-bond donors (Lipinski definition) is 1. The maximum Gasteiger partial charge on any atom is 0.191 e. The minimum Gasteiger partial charge on any atom is -0.370 e. The van der Waals surface area contributed by atoms with Crippen LogP contribution in [-0.4, -0.2) is 30.5 Å². The van der Waals surface area contributed by atoms with E-state index in [4.69, 9.17) is 5.73 Å². The maximum atomic E-state index is 5.87. The van der Waals surface area contributed by atoms with Crippen LogP contribution in [0, 0.1) is 5.92 Å². The molecule has 0 aromatic rings. The molecule has 0 aliphatic heterocycles. The lowest BCUT2D eigenvalue weighted by Crippen LogP contribution is -2.37. The zero-order chi connectivity index (χ0) is 10.6. The molecular formula is C11H23N3. The molecule has 0 amide bonds. The molecule has 0 aromatic heterocycles. The van der Waals surface area contributed by atoms with Crippen molar-refractivity contribution >= 4 is 5.96 Å². The SMILES string of the molecule is CC(C)N=C(N)N(C)CC1CCCC1. The Hall–Kier alpha value is -0.730. The molecule has 1 aliphatic rings. The van der Waals surface area contributed by atoms with E-state index in [1.165, 1.54) is 25.7 Å². The fourth-order valence-corrected chi connectivity index (χ4v) is 2.04. The van der Waals surface area contributed by atoms with Crippen LogP contribution in [0.4, 0.5) is 0 Å². The predicted octanol–water partition coefficient (Wildman–Crippen LogP) is 1.83. The van der Waals surface area contributed by atoms with Crippen LogP contribution in [0.3, 0.4) is 0 Å². The van der Waals surface area contributed by atoms with Gasteiger partial charge in [0.2, 0.25) is 0 Å². The zero-order valence-electron chi connectivity index (χ0n) is 9.66. The standard InChI is InChI=1S/C11H23N3/c1-9(2)13-11(12)14(3)8-10-6-4-5-7-10/h9-10H,4-8H2,1-3H3,(H2,12,13). The van der Waals surface area contributed by atoms with E-state index >= 15 is 0 Å². The molecule has 0 aromatic carbocycles. The minimum absolute atomic E-state index is 0.293. The van der Waals surface area contributed by atoms with Crippen molar-refractivity contribution in [3.8, 4) is 0 Å². The molecule has 0 spiro atoms. The van der Waals surface area contributed by atoms with E-state index in [0.717, 1.165) is 12.5 Å². The Kier molecular flexibility index (Phi) is 4.23. The summed E-state index contributed by atoms with van der Waals surface area (Å²) in [7, 11) is 2.04. The molecule has 0 bridgehead atoms. The average Bonchev–Trinajstić information content (AvgIpc) is 2.55. The molecule has 0 heterocycles. The summed E-state index contributed by atoms with van der Waals surface area (Å²) in [6, 6.07) is 0.293. The summed E-state index contributed by atoms with van der Waals surface area (Å²) in [5.41, 5.74) is 5.87. The summed E-state index contributed by atoms with van der Waals surface area (Å²) in [5, 5.41) is 0. The van der Waals surface area contributed by atoms with E-state index in [1.54, 1.807) is 0 Å². The van der Waals surface area contributed by atoms with Gasteiger partial charge < -0.3 is 10.6 Å². The summed E-state index contributed by atoms with van der Waals surface area (Å²) in [6.45, 7) is 5.18. The van der Waals surface area contributed by atoms with Crippen LogP contribution in [0.5, 0.6) is 0 Å². The second kappa shape index (κ2) is 5.23. The molecule has 3 nitrogen and oxygen atoms in total. The first kappa shape index (κ1) is 11.3. The van der Waals surface area contributed by atoms with Crippen LogP contribution in [-0.2, 0) is 0 Å². The van der Waals surface area contributed by atoms with Crippen molar-refractivity contribution in [2.45, 2.75) is 45.6 Å². The molecule has 14 heavy (non-hydrogen) atoms. The summed E-state index contributed by atoms with van der Waals surface area (Å²) in [5.74, 6) is 1.52. The fourth-order valence-electron chi connectivity index (χ4n) is 2.04. The second-order valence-electron chi connectivity index (χ2n) is 4.61. The molecule has 2 N–H and O–H groups in total. The highest BCUT2D eigenvalue weighted by Gasteiger charge is 2.17. The monoisotopic (exact) mass is 197 g/mol. The topological polar surface area (TPSA) is 41.6 Å². The van der Waals surface area contributed by atoms with Gasteiger partial charge in [-0.3, -0.25) is 4.99 Å². The first-order valence-electron chi connectivity index (χ1n) is 5.64. The number of rotatable bonds is 3. The maximum absolute atomic E-state index is 5.87. The van der Waals surface area contributed by atoms with Gasteiger partial charge in [0.25, 0.3) is 0 Å². The zero-order valence-corrected chi connectivity index (χ0v) is 9.66. The molecule has 3 heteroatoms. The van der Waals surface area contributed by atoms with Crippen molar-refractivity contribution in [1.82, 2.24) is 4.90 Å². The van der Waals surface area contributed by atoms with E-state index in [0.29, 0.717) is 12.0 Å². The minimum atomic E-state index is 0.293. The highest BCUT2D eigenvalue weighted by molar-refractivity contribution is 5.77.